The summed E-state index contributed by atoms with van der Waals surface area (Å²) in [5, 5.41) is 14.0. The number of nitrogens with zero attached hydrogens (tertiary/aromatic N) is 2. The van der Waals surface area contributed by atoms with Crippen LogP contribution in [-0.2, 0) is 18.3 Å². The lowest BCUT2D eigenvalue weighted by molar-refractivity contribution is -0.152. The van der Waals surface area contributed by atoms with Crippen LogP contribution in [0.25, 0.3) is 0 Å². The second kappa shape index (κ2) is 3.84. The van der Waals surface area contributed by atoms with Gasteiger partial charge < -0.3 is 5.11 Å². The molecule has 2 aliphatic carbocycles. The predicted octanol–water partition coefficient (Wildman–Crippen LogP) is 2.16. The first-order chi connectivity index (χ1) is 8.51. The first kappa shape index (κ1) is 11.8. The molecule has 3 rings (SSSR count). The Morgan fingerprint density at radius 1 is 1.61 bits per heavy atom. The molecule has 4 heteroatoms. The number of aliphatic carboxylic acids is 1. The number of hydrogen-bond acceptors (Lipinski definition) is 2. The maximum atomic E-state index is 11.8. The molecule has 2 saturated carbocycles. The fourth-order valence-corrected chi connectivity index (χ4v) is 4.15. The number of aromatic nitrogens is 2. The molecule has 18 heavy (non-hydrogen) atoms. The molecule has 1 aromatic heterocycles. The lowest BCUT2D eigenvalue weighted by atomic mass is 9.70. The molecule has 0 amide bonds. The lowest BCUT2D eigenvalue weighted by Crippen LogP contribution is -2.39. The van der Waals surface area contributed by atoms with E-state index in [0.29, 0.717) is 18.3 Å². The average Bonchev–Trinajstić information content (AvgIpc) is 2.94. The Balaban J connectivity index is 1.92. The summed E-state index contributed by atoms with van der Waals surface area (Å²) < 4.78 is 1.84. The summed E-state index contributed by atoms with van der Waals surface area (Å²) in [5.41, 5.74) is 1.50. The zero-order valence-corrected chi connectivity index (χ0v) is 11.0. The van der Waals surface area contributed by atoms with Gasteiger partial charge in [0.15, 0.2) is 0 Å². The number of carbonyl (C=O) groups is 1. The zero-order valence-electron chi connectivity index (χ0n) is 11.0. The van der Waals surface area contributed by atoms with Crippen LogP contribution < -0.4 is 0 Å². The number of carboxylic acids is 1. The summed E-state index contributed by atoms with van der Waals surface area (Å²) in [5.74, 6) is 0.407. The van der Waals surface area contributed by atoms with E-state index in [9.17, 15) is 9.90 Å². The molecule has 2 aliphatic rings. The lowest BCUT2D eigenvalue weighted by Gasteiger charge is -2.33. The topological polar surface area (TPSA) is 55.1 Å². The third kappa shape index (κ3) is 1.58. The van der Waals surface area contributed by atoms with Gasteiger partial charge in [0.25, 0.3) is 0 Å². The summed E-state index contributed by atoms with van der Waals surface area (Å²) in [7, 11) is 1.91. The maximum absolute atomic E-state index is 11.8. The Labute approximate surface area is 107 Å². The van der Waals surface area contributed by atoms with Crippen molar-refractivity contribution < 1.29 is 9.90 Å². The molecule has 0 spiro atoms. The molecule has 1 aromatic rings. The number of fused-ring (bicyclic) bond motifs is 2. The van der Waals surface area contributed by atoms with Crippen LogP contribution in [0.1, 0.15) is 37.1 Å². The van der Waals surface area contributed by atoms with Crippen LogP contribution in [0.4, 0.5) is 0 Å². The molecular weight excluding hydrogens is 228 g/mol. The van der Waals surface area contributed by atoms with Crippen LogP contribution in [0.2, 0.25) is 0 Å². The molecule has 1 N–H and O–H groups in total. The van der Waals surface area contributed by atoms with Gasteiger partial charge in [-0.25, -0.2) is 0 Å². The number of rotatable bonds is 3. The Kier molecular flexibility index (Phi) is 2.50. The summed E-state index contributed by atoms with van der Waals surface area (Å²) in [6.07, 6.45) is 4.93. The monoisotopic (exact) mass is 248 g/mol. The molecule has 2 fully saturated rings. The van der Waals surface area contributed by atoms with Crippen molar-refractivity contribution in [1.29, 1.82) is 0 Å². The van der Waals surface area contributed by atoms with E-state index >= 15 is 0 Å². The van der Waals surface area contributed by atoms with Crippen molar-refractivity contribution in [3.05, 3.63) is 17.5 Å². The average molecular weight is 248 g/mol. The third-order valence-electron chi connectivity index (χ3n) is 5.00. The smallest absolute Gasteiger partial charge is 0.310 e. The van der Waals surface area contributed by atoms with Gasteiger partial charge in [0.2, 0.25) is 0 Å². The van der Waals surface area contributed by atoms with Gasteiger partial charge in [-0.2, -0.15) is 5.10 Å². The normalized spacial score (nSPS) is 34.1. The highest BCUT2D eigenvalue weighted by Crippen LogP contribution is 2.57. The third-order valence-corrected chi connectivity index (χ3v) is 5.00. The van der Waals surface area contributed by atoms with Crippen molar-refractivity contribution in [2.24, 2.45) is 24.3 Å². The van der Waals surface area contributed by atoms with Crippen molar-refractivity contribution in [1.82, 2.24) is 9.78 Å². The molecule has 0 radical (unpaired) electrons. The first-order valence-electron chi connectivity index (χ1n) is 6.74. The zero-order chi connectivity index (χ0) is 12.9. The summed E-state index contributed by atoms with van der Waals surface area (Å²) in [4.78, 5) is 11.8. The van der Waals surface area contributed by atoms with Crippen LogP contribution in [0.3, 0.4) is 0 Å². The molecule has 1 heterocycles. The highest BCUT2D eigenvalue weighted by atomic mass is 16.4. The molecule has 4 nitrogen and oxygen atoms in total. The van der Waals surface area contributed by atoms with Gasteiger partial charge >= 0.3 is 5.97 Å². The Morgan fingerprint density at radius 3 is 2.83 bits per heavy atom. The number of carboxylic acid groups (broad SMARTS) is 1. The molecule has 0 aliphatic heterocycles. The van der Waals surface area contributed by atoms with Gasteiger partial charge in [-0.3, -0.25) is 9.48 Å². The van der Waals surface area contributed by atoms with Crippen molar-refractivity contribution in [3.63, 3.8) is 0 Å². The SMILES string of the molecule is Cc1cc(CC2(C(=O)O)CC3CCC2C3)n(C)n1. The second-order valence-corrected chi connectivity index (χ2v) is 6.12. The molecule has 3 unspecified atom stereocenters. The van der Waals surface area contributed by atoms with Gasteiger partial charge in [0.1, 0.15) is 0 Å². The van der Waals surface area contributed by atoms with Gasteiger partial charge in [-0.15, -0.1) is 0 Å². The molecule has 98 valence electrons. The predicted molar refractivity (Wildman–Crippen MR) is 67.2 cm³/mol. The van der Waals surface area contributed by atoms with E-state index in [1.54, 1.807) is 0 Å². The van der Waals surface area contributed by atoms with E-state index < -0.39 is 11.4 Å². The fourth-order valence-electron chi connectivity index (χ4n) is 4.15. The largest absolute Gasteiger partial charge is 0.481 e. The number of aryl methyl sites for hydroxylation is 2. The van der Waals surface area contributed by atoms with Crippen LogP contribution >= 0.6 is 0 Å². The quantitative estimate of drug-likeness (QED) is 0.891. The Bertz CT molecular complexity index is 494. The summed E-state index contributed by atoms with van der Waals surface area (Å²) in [6, 6.07) is 2.02. The highest BCUT2D eigenvalue weighted by Gasteiger charge is 2.55. The molecule has 3 atom stereocenters. The van der Waals surface area contributed by atoms with Gasteiger partial charge in [-0.05, 0) is 44.1 Å². The Hall–Kier alpha value is -1.32. The molecule has 2 bridgehead atoms. The molecule has 0 aromatic carbocycles. The summed E-state index contributed by atoms with van der Waals surface area (Å²) >= 11 is 0. The van der Waals surface area contributed by atoms with Gasteiger partial charge in [0.05, 0.1) is 11.1 Å². The van der Waals surface area contributed by atoms with Crippen molar-refractivity contribution >= 4 is 5.97 Å². The van der Waals surface area contributed by atoms with Gasteiger partial charge in [-0.1, -0.05) is 6.42 Å². The minimum Gasteiger partial charge on any atom is -0.481 e. The van der Waals surface area contributed by atoms with Crippen LogP contribution in [0.15, 0.2) is 6.07 Å². The van der Waals surface area contributed by atoms with E-state index in [0.717, 1.165) is 30.7 Å². The minimum absolute atomic E-state index is 0.371. The number of hydrogen-bond donors (Lipinski definition) is 1. The first-order valence-corrected chi connectivity index (χ1v) is 6.74. The summed E-state index contributed by atoms with van der Waals surface area (Å²) in [6.45, 7) is 1.96. The van der Waals surface area contributed by atoms with Crippen LogP contribution in [0, 0.1) is 24.2 Å². The van der Waals surface area contributed by atoms with Crippen molar-refractivity contribution in [2.75, 3.05) is 0 Å². The standard InChI is InChI=1S/C14H20N2O2/c1-9-5-12(16(2)15-9)8-14(13(17)18)7-10-3-4-11(14)6-10/h5,10-11H,3-4,6-8H2,1-2H3,(H,17,18). The van der Waals surface area contributed by atoms with Crippen molar-refractivity contribution in [3.8, 4) is 0 Å². The Morgan fingerprint density at radius 2 is 2.39 bits per heavy atom. The highest BCUT2D eigenvalue weighted by molar-refractivity contribution is 5.76. The molecule has 0 saturated heterocycles. The van der Waals surface area contributed by atoms with Crippen molar-refractivity contribution in [2.45, 2.75) is 39.0 Å². The van der Waals surface area contributed by atoms with E-state index in [2.05, 4.69) is 5.10 Å². The van der Waals surface area contributed by atoms with E-state index in [1.807, 2.05) is 24.7 Å². The van der Waals surface area contributed by atoms with Gasteiger partial charge in [0, 0.05) is 19.2 Å². The fraction of sp³-hybridized carbons (Fsp3) is 0.714. The van der Waals surface area contributed by atoms with Crippen LogP contribution in [0.5, 0.6) is 0 Å². The minimum atomic E-state index is -0.603. The van der Waals surface area contributed by atoms with Crippen LogP contribution in [-0.4, -0.2) is 20.9 Å². The maximum Gasteiger partial charge on any atom is 0.310 e. The molecular formula is C14H20N2O2. The van der Waals surface area contributed by atoms with E-state index in [4.69, 9.17) is 0 Å². The van der Waals surface area contributed by atoms with E-state index in [-0.39, 0.29) is 0 Å². The van der Waals surface area contributed by atoms with E-state index in [1.165, 1.54) is 6.42 Å². The second-order valence-electron chi connectivity index (χ2n) is 6.12.